The summed E-state index contributed by atoms with van der Waals surface area (Å²) in [5.74, 6) is -0.659. The van der Waals surface area contributed by atoms with Crippen LogP contribution in [0, 0.1) is 22.7 Å². The van der Waals surface area contributed by atoms with Gasteiger partial charge in [0.05, 0.1) is 16.5 Å². The van der Waals surface area contributed by atoms with E-state index in [-0.39, 0.29) is 10.5 Å². The molecule has 0 radical (unpaired) electrons. The van der Waals surface area contributed by atoms with Crippen molar-refractivity contribution >= 4 is 27.7 Å². The topological polar surface area (TPSA) is 137 Å². The first kappa shape index (κ1) is 17.9. The molecule has 1 amide bonds. The summed E-state index contributed by atoms with van der Waals surface area (Å²) < 4.78 is 22.4. The zero-order valence-electron chi connectivity index (χ0n) is 12.8. The second-order valence-electron chi connectivity index (χ2n) is 4.93. The molecule has 0 aromatic heterocycles. The standard InChI is InChI=1S/C17H12N4O3S/c18-10-13-3-1-2-12(8-13)9-14(11-19)17(22)21-15-4-6-16(7-5-15)25(20,23)24/h1-9H,(H,21,22)(H2,20,23,24)/b14-9+. The highest BCUT2D eigenvalue weighted by Crippen LogP contribution is 2.15. The fourth-order valence-corrected chi connectivity index (χ4v) is 2.46. The maximum absolute atomic E-state index is 12.2. The highest BCUT2D eigenvalue weighted by molar-refractivity contribution is 7.89. The van der Waals surface area contributed by atoms with Gasteiger partial charge >= 0.3 is 0 Å². The van der Waals surface area contributed by atoms with E-state index in [1.807, 2.05) is 6.07 Å². The number of rotatable bonds is 4. The van der Waals surface area contributed by atoms with E-state index in [1.54, 1.807) is 30.3 Å². The minimum Gasteiger partial charge on any atom is -0.321 e. The van der Waals surface area contributed by atoms with Crippen molar-refractivity contribution in [3.63, 3.8) is 0 Å². The minimum atomic E-state index is -3.82. The molecule has 2 rings (SSSR count). The van der Waals surface area contributed by atoms with Crippen LogP contribution in [0.5, 0.6) is 0 Å². The van der Waals surface area contributed by atoms with Crippen LogP contribution in [0.1, 0.15) is 11.1 Å². The summed E-state index contributed by atoms with van der Waals surface area (Å²) in [4.78, 5) is 12.1. The van der Waals surface area contributed by atoms with Crippen molar-refractivity contribution in [1.29, 1.82) is 10.5 Å². The second kappa shape index (κ2) is 7.41. The Labute approximate surface area is 144 Å². The maximum atomic E-state index is 12.2. The van der Waals surface area contributed by atoms with Crippen LogP contribution in [0.25, 0.3) is 6.08 Å². The lowest BCUT2D eigenvalue weighted by Crippen LogP contribution is -2.14. The highest BCUT2D eigenvalue weighted by Gasteiger charge is 2.11. The molecule has 0 saturated heterocycles. The van der Waals surface area contributed by atoms with Gasteiger partial charge in [-0.15, -0.1) is 0 Å². The number of anilines is 1. The summed E-state index contributed by atoms with van der Waals surface area (Å²) >= 11 is 0. The number of primary sulfonamides is 1. The Morgan fingerprint density at radius 3 is 2.36 bits per heavy atom. The lowest BCUT2D eigenvalue weighted by Gasteiger charge is -2.05. The molecular formula is C17H12N4O3S. The van der Waals surface area contributed by atoms with E-state index in [9.17, 15) is 18.5 Å². The molecule has 0 bridgehead atoms. The fraction of sp³-hybridized carbons (Fsp3) is 0. The van der Waals surface area contributed by atoms with Crippen molar-refractivity contribution in [2.24, 2.45) is 5.14 Å². The molecule has 0 atom stereocenters. The Kier molecular flexibility index (Phi) is 5.30. The normalized spacial score (nSPS) is 11.2. The lowest BCUT2D eigenvalue weighted by atomic mass is 10.1. The van der Waals surface area contributed by atoms with Gasteiger partial charge in [-0.1, -0.05) is 12.1 Å². The van der Waals surface area contributed by atoms with Crippen LogP contribution in [0.15, 0.2) is 59.0 Å². The molecule has 0 aliphatic heterocycles. The number of hydrogen-bond acceptors (Lipinski definition) is 5. The van der Waals surface area contributed by atoms with E-state index >= 15 is 0 Å². The number of nitrogens with two attached hydrogens (primary N) is 1. The number of nitrogens with zero attached hydrogens (tertiary/aromatic N) is 2. The Morgan fingerprint density at radius 2 is 1.80 bits per heavy atom. The number of nitrogens with one attached hydrogen (secondary N) is 1. The molecule has 25 heavy (non-hydrogen) atoms. The van der Waals surface area contributed by atoms with Gasteiger partial charge in [-0.25, -0.2) is 13.6 Å². The van der Waals surface area contributed by atoms with Crippen molar-refractivity contribution in [1.82, 2.24) is 0 Å². The number of benzene rings is 2. The predicted molar refractivity (Wildman–Crippen MR) is 91.2 cm³/mol. The van der Waals surface area contributed by atoms with E-state index in [0.29, 0.717) is 16.8 Å². The molecule has 124 valence electrons. The van der Waals surface area contributed by atoms with Crippen LogP contribution in [0.4, 0.5) is 5.69 Å². The van der Waals surface area contributed by atoms with Crippen LogP contribution in [-0.2, 0) is 14.8 Å². The highest BCUT2D eigenvalue weighted by atomic mass is 32.2. The molecule has 0 spiro atoms. The summed E-state index contributed by atoms with van der Waals surface area (Å²) in [6.07, 6.45) is 1.36. The van der Waals surface area contributed by atoms with Crippen molar-refractivity contribution in [2.45, 2.75) is 4.90 Å². The van der Waals surface area contributed by atoms with Gasteiger partial charge in [0.25, 0.3) is 5.91 Å². The number of carbonyl (C=O) groups excluding carboxylic acids is 1. The van der Waals surface area contributed by atoms with Gasteiger partial charge in [0.15, 0.2) is 0 Å². The molecule has 0 aliphatic rings. The van der Waals surface area contributed by atoms with E-state index in [2.05, 4.69) is 5.32 Å². The van der Waals surface area contributed by atoms with E-state index < -0.39 is 15.9 Å². The average molecular weight is 352 g/mol. The summed E-state index contributed by atoms with van der Waals surface area (Å²) in [6, 6.07) is 15.4. The van der Waals surface area contributed by atoms with Gasteiger partial charge in [0.1, 0.15) is 11.6 Å². The van der Waals surface area contributed by atoms with E-state index in [1.165, 1.54) is 30.3 Å². The van der Waals surface area contributed by atoms with Crippen molar-refractivity contribution in [3.8, 4) is 12.1 Å². The predicted octanol–water partition coefficient (Wildman–Crippen LogP) is 1.75. The van der Waals surface area contributed by atoms with Gasteiger partial charge in [0, 0.05) is 5.69 Å². The molecule has 3 N–H and O–H groups in total. The first-order chi connectivity index (χ1) is 11.8. The minimum absolute atomic E-state index is 0.0881. The van der Waals surface area contributed by atoms with Gasteiger partial charge in [-0.2, -0.15) is 10.5 Å². The molecule has 0 unspecified atom stereocenters. The fourth-order valence-electron chi connectivity index (χ4n) is 1.94. The average Bonchev–Trinajstić information content (AvgIpc) is 2.59. The van der Waals surface area contributed by atoms with E-state index in [0.717, 1.165) is 0 Å². The second-order valence-corrected chi connectivity index (χ2v) is 6.49. The number of amides is 1. The number of sulfonamides is 1. The Hall–Kier alpha value is -3.46. The van der Waals surface area contributed by atoms with Crippen LogP contribution < -0.4 is 10.5 Å². The van der Waals surface area contributed by atoms with Crippen LogP contribution in [0.3, 0.4) is 0 Å². The molecule has 0 heterocycles. The molecule has 8 heteroatoms. The molecule has 0 fully saturated rings. The first-order valence-electron chi connectivity index (χ1n) is 6.89. The quantitative estimate of drug-likeness (QED) is 0.638. The van der Waals surface area contributed by atoms with Crippen molar-refractivity contribution < 1.29 is 13.2 Å². The molecule has 2 aromatic carbocycles. The molecule has 0 aliphatic carbocycles. The van der Waals surface area contributed by atoms with Gasteiger partial charge in [-0.3, -0.25) is 4.79 Å². The molecular weight excluding hydrogens is 340 g/mol. The molecule has 2 aromatic rings. The van der Waals surface area contributed by atoms with Crippen molar-refractivity contribution in [3.05, 3.63) is 65.2 Å². The van der Waals surface area contributed by atoms with Crippen LogP contribution in [-0.4, -0.2) is 14.3 Å². The third-order valence-electron chi connectivity index (χ3n) is 3.13. The van der Waals surface area contributed by atoms with Gasteiger partial charge in [-0.05, 0) is 48.0 Å². The third-order valence-corrected chi connectivity index (χ3v) is 4.06. The van der Waals surface area contributed by atoms with Gasteiger partial charge in [0.2, 0.25) is 10.0 Å². The summed E-state index contributed by atoms with van der Waals surface area (Å²) in [6.45, 7) is 0. The Balaban J connectivity index is 2.22. The molecule has 0 saturated carbocycles. The zero-order valence-corrected chi connectivity index (χ0v) is 13.6. The lowest BCUT2D eigenvalue weighted by molar-refractivity contribution is -0.112. The van der Waals surface area contributed by atoms with Crippen LogP contribution >= 0.6 is 0 Å². The summed E-state index contributed by atoms with van der Waals surface area (Å²) in [7, 11) is -3.82. The molecule has 7 nitrogen and oxygen atoms in total. The first-order valence-corrected chi connectivity index (χ1v) is 8.44. The SMILES string of the molecule is N#C/C(=C\c1cccc(C#N)c1)C(=O)Nc1ccc(S(N)(=O)=O)cc1. The monoisotopic (exact) mass is 352 g/mol. The number of hydrogen-bond donors (Lipinski definition) is 2. The largest absolute Gasteiger partial charge is 0.321 e. The maximum Gasteiger partial charge on any atom is 0.266 e. The van der Waals surface area contributed by atoms with Gasteiger partial charge < -0.3 is 5.32 Å². The summed E-state index contributed by atoms with van der Waals surface area (Å²) in [5.41, 5.74) is 1.09. The van der Waals surface area contributed by atoms with Crippen molar-refractivity contribution in [2.75, 3.05) is 5.32 Å². The number of carbonyl (C=O) groups is 1. The van der Waals surface area contributed by atoms with E-state index in [4.69, 9.17) is 10.4 Å². The summed E-state index contributed by atoms with van der Waals surface area (Å²) in [5, 5.41) is 25.5. The Morgan fingerprint density at radius 1 is 1.12 bits per heavy atom. The van der Waals surface area contributed by atoms with Crippen LogP contribution in [0.2, 0.25) is 0 Å². The smallest absolute Gasteiger partial charge is 0.266 e. The number of nitriles is 2. The third kappa shape index (κ3) is 4.75. The Bertz CT molecular complexity index is 1030. The zero-order chi connectivity index (χ0) is 18.4.